The molecule has 1 fully saturated rings. The maximum absolute atomic E-state index is 12.4. The molecule has 1 aliphatic rings. The van der Waals surface area contributed by atoms with Crippen molar-refractivity contribution in [1.29, 1.82) is 0 Å². The number of carbonyl (C=O) groups is 1. The van der Waals surface area contributed by atoms with Crippen LogP contribution in [0.15, 0.2) is 30.3 Å². The van der Waals surface area contributed by atoms with Gasteiger partial charge in [0.25, 0.3) is 0 Å². The third-order valence-electron chi connectivity index (χ3n) is 4.53. The summed E-state index contributed by atoms with van der Waals surface area (Å²) in [5, 5.41) is 0. The van der Waals surface area contributed by atoms with Gasteiger partial charge in [-0.1, -0.05) is 0 Å². The number of unbranched alkanes of at least 4 members (excludes halogenated alkanes) is 2. The first-order valence-electron chi connectivity index (χ1n) is 8.68. The normalized spacial score (nSPS) is 22.4. The summed E-state index contributed by atoms with van der Waals surface area (Å²) in [7, 11) is -1.22. The topological polar surface area (TPSA) is 17.1 Å². The number of rotatable bonds is 9. The molecule has 1 saturated carbocycles. The van der Waals surface area contributed by atoms with Crippen LogP contribution in [0, 0.1) is 11.8 Å². The molecule has 1 aromatic rings. The van der Waals surface area contributed by atoms with Crippen molar-refractivity contribution in [1.82, 2.24) is 0 Å². The zero-order chi connectivity index (χ0) is 16.2. The molecule has 0 N–H and O–H groups in total. The summed E-state index contributed by atoms with van der Waals surface area (Å²) in [4.78, 5) is 12.4. The Morgan fingerprint density at radius 1 is 1.23 bits per heavy atom. The Bertz CT molecular complexity index is 480. The first-order valence-corrected chi connectivity index (χ1v) is 14.1. The van der Waals surface area contributed by atoms with Crippen molar-refractivity contribution >= 4 is 33.3 Å². The number of carbonyl (C=O) groups excluding carboxylic acids is 1. The molecule has 0 radical (unpaired) electrons. The molecule has 0 saturated heterocycles. The number of Topliss-reactive ketones (excluding diaryl/α,β-unsaturated/α-hetero) is 1. The van der Waals surface area contributed by atoms with Crippen molar-refractivity contribution in [2.24, 2.45) is 11.8 Å². The Morgan fingerprint density at radius 3 is 2.50 bits per heavy atom. The van der Waals surface area contributed by atoms with Crippen LogP contribution in [0.5, 0.6) is 0 Å². The van der Waals surface area contributed by atoms with Crippen LogP contribution < -0.4 is 4.46 Å². The van der Waals surface area contributed by atoms with Crippen LogP contribution in [-0.2, 0) is 4.79 Å². The van der Waals surface area contributed by atoms with Gasteiger partial charge in [-0.3, -0.25) is 0 Å². The van der Waals surface area contributed by atoms with Crippen LogP contribution in [-0.4, -0.2) is 28.8 Å². The van der Waals surface area contributed by atoms with E-state index < -0.39 is 8.07 Å². The molecular formula is C19H30OSeSi. The van der Waals surface area contributed by atoms with Crippen LogP contribution in [0.3, 0.4) is 0 Å². The molecule has 0 aliphatic heterocycles. The third-order valence-corrected chi connectivity index (χ3v) is 14.1. The summed E-state index contributed by atoms with van der Waals surface area (Å²) in [5.74, 6) is 1.66. The molecule has 0 unspecified atom stereocenters. The Labute approximate surface area is 143 Å². The van der Waals surface area contributed by atoms with Gasteiger partial charge >= 0.3 is 143 Å². The van der Waals surface area contributed by atoms with E-state index in [-0.39, 0.29) is 0 Å². The molecule has 0 bridgehead atoms. The van der Waals surface area contributed by atoms with Crippen LogP contribution in [0.2, 0.25) is 24.1 Å². The summed E-state index contributed by atoms with van der Waals surface area (Å²) in [6.07, 6.45) is 5.50. The fraction of sp³-hybridized carbons (Fsp3) is 0.632. The second kappa shape index (κ2) is 7.94. The van der Waals surface area contributed by atoms with E-state index >= 15 is 0 Å². The number of benzene rings is 1. The van der Waals surface area contributed by atoms with Crippen molar-refractivity contribution in [3.05, 3.63) is 30.3 Å². The first-order chi connectivity index (χ1) is 10.4. The van der Waals surface area contributed by atoms with Gasteiger partial charge in [0.15, 0.2) is 0 Å². The van der Waals surface area contributed by atoms with Gasteiger partial charge in [-0.05, 0) is 0 Å². The van der Waals surface area contributed by atoms with Gasteiger partial charge in [0.1, 0.15) is 0 Å². The molecule has 122 valence electrons. The van der Waals surface area contributed by atoms with Gasteiger partial charge in [-0.15, -0.1) is 0 Å². The third kappa shape index (κ3) is 5.08. The van der Waals surface area contributed by atoms with E-state index in [1.807, 2.05) is 0 Å². The van der Waals surface area contributed by atoms with Gasteiger partial charge in [0.2, 0.25) is 0 Å². The number of ketones is 1. The van der Waals surface area contributed by atoms with E-state index in [1.54, 1.807) is 0 Å². The molecule has 0 spiro atoms. The molecule has 0 amide bonds. The first kappa shape index (κ1) is 18.0. The molecule has 3 atom stereocenters. The minimum atomic E-state index is -1.22. The van der Waals surface area contributed by atoms with Gasteiger partial charge in [0.05, 0.1) is 0 Å². The van der Waals surface area contributed by atoms with Gasteiger partial charge in [0, 0.05) is 0 Å². The Kier molecular flexibility index (Phi) is 6.49. The standard InChI is InChI=1S/C19H30OSeSi/c1-5-6-8-13-18(20)16-14-17(16)19(22(2,3)4)21-15-11-9-7-10-12-15/h7,9-12,16-17,19H,5-6,8,13-14H2,1-4H3/t16-,17-,19+/m0/s1. The molecule has 2 rings (SSSR count). The van der Waals surface area contributed by atoms with Crippen LogP contribution in [0.1, 0.15) is 39.0 Å². The Balaban J connectivity index is 1.96. The summed E-state index contributed by atoms with van der Waals surface area (Å²) < 4.78 is 2.31. The Morgan fingerprint density at radius 2 is 1.91 bits per heavy atom. The average molecular weight is 381 g/mol. The second-order valence-electron chi connectivity index (χ2n) is 7.65. The monoisotopic (exact) mass is 382 g/mol. The quantitative estimate of drug-likeness (QED) is 0.456. The molecule has 1 aliphatic carbocycles. The van der Waals surface area contributed by atoms with Crippen molar-refractivity contribution in [3.8, 4) is 0 Å². The van der Waals surface area contributed by atoms with E-state index in [4.69, 9.17) is 0 Å². The summed E-state index contributed by atoms with van der Waals surface area (Å²) >= 11 is 0.523. The summed E-state index contributed by atoms with van der Waals surface area (Å²) in [6, 6.07) is 10.9. The SMILES string of the molecule is CCCCCC(=O)[C@H]1C[C@@H]1[C@H]([Se]c1ccccc1)[Si](C)(C)C. The Hall–Kier alpha value is -0.374. The van der Waals surface area contributed by atoms with Crippen molar-refractivity contribution < 1.29 is 4.79 Å². The fourth-order valence-corrected chi connectivity index (χ4v) is 10.4. The van der Waals surface area contributed by atoms with Crippen molar-refractivity contribution in [2.45, 2.75) is 63.1 Å². The van der Waals surface area contributed by atoms with Crippen molar-refractivity contribution in [2.75, 3.05) is 0 Å². The number of hydrogen-bond donors (Lipinski definition) is 0. The molecule has 0 heterocycles. The second-order valence-corrected chi connectivity index (χ2v) is 16.5. The van der Waals surface area contributed by atoms with Gasteiger partial charge in [-0.2, -0.15) is 0 Å². The molecule has 22 heavy (non-hydrogen) atoms. The van der Waals surface area contributed by atoms with E-state index in [0.717, 1.165) is 17.3 Å². The fourth-order valence-electron chi connectivity index (χ4n) is 3.21. The van der Waals surface area contributed by atoms with Gasteiger partial charge < -0.3 is 0 Å². The zero-order valence-electron chi connectivity index (χ0n) is 14.5. The van der Waals surface area contributed by atoms with E-state index in [0.29, 0.717) is 32.6 Å². The molecule has 1 nitrogen and oxygen atoms in total. The van der Waals surface area contributed by atoms with Crippen LogP contribution in [0.4, 0.5) is 0 Å². The summed E-state index contributed by atoms with van der Waals surface area (Å²) in [6.45, 7) is 9.66. The molecular weight excluding hydrogens is 351 g/mol. The molecule has 1 aromatic carbocycles. The minimum absolute atomic E-state index is 0.402. The van der Waals surface area contributed by atoms with E-state index in [2.05, 4.69) is 56.9 Å². The van der Waals surface area contributed by atoms with Crippen molar-refractivity contribution in [3.63, 3.8) is 0 Å². The summed E-state index contributed by atoms with van der Waals surface area (Å²) in [5.41, 5.74) is 0. The zero-order valence-corrected chi connectivity index (χ0v) is 17.2. The van der Waals surface area contributed by atoms with E-state index in [1.165, 1.54) is 23.7 Å². The van der Waals surface area contributed by atoms with Crippen LogP contribution in [0.25, 0.3) is 0 Å². The predicted molar refractivity (Wildman–Crippen MR) is 99.7 cm³/mol. The van der Waals surface area contributed by atoms with Gasteiger partial charge in [-0.25, -0.2) is 0 Å². The molecule has 3 heteroatoms. The average Bonchev–Trinajstić information content (AvgIpc) is 3.25. The molecule has 0 aromatic heterocycles. The van der Waals surface area contributed by atoms with Crippen LogP contribution >= 0.6 is 0 Å². The predicted octanol–water partition coefficient (Wildman–Crippen LogP) is 4.47. The van der Waals surface area contributed by atoms with E-state index in [9.17, 15) is 4.79 Å². The number of hydrogen-bond acceptors (Lipinski definition) is 1. The maximum atomic E-state index is 12.4.